The average Bonchev–Trinajstić information content (AvgIpc) is 3.16. The molecule has 0 spiro atoms. The summed E-state index contributed by atoms with van der Waals surface area (Å²) in [6, 6.07) is 11.2. The van der Waals surface area contributed by atoms with Gasteiger partial charge in [-0.25, -0.2) is 8.42 Å². The number of anilines is 2. The number of allylic oxidation sites excluding steroid dienone is 2. The fourth-order valence-electron chi connectivity index (χ4n) is 3.26. The Morgan fingerprint density at radius 1 is 1.10 bits per heavy atom. The Bertz CT molecular complexity index is 1070. The van der Waals surface area contributed by atoms with Crippen molar-refractivity contribution in [2.75, 3.05) is 16.9 Å². The summed E-state index contributed by atoms with van der Waals surface area (Å²) in [5.41, 5.74) is 2.31. The third kappa shape index (κ3) is 5.54. The number of hydrogen-bond donors (Lipinski definition) is 2. The number of hydrogen-bond acceptors (Lipinski definition) is 4. The van der Waals surface area contributed by atoms with Gasteiger partial charge in [0.15, 0.2) is 9.84 Å². The van der Waals surface area contributed by atoms with E-state index in [0.717, 1.165) is 24.7 Å². The van der Waals surface area contributed by atoms with Crippen molar-refractivity contribution in [3.05, 3.63) is 65.7 Å². The van der Waals surface area contributed by atoms with Crippen molar-refractivity contribution in [1.82, 2.24) is 0 Å². The summed E-state index contributed by atoms with van der Waals surface area (Å²) < 4.78 is 23.4. The molecule has 0 aromatic heterocycles. The maximum atomic E-state index is 12.5. The highest BCUT2D eigenvalue weighted by Crippen LogP contribution is 2.23. The molecular formula is C22H24N2O4S. The molecule has 3 rings (SSSR count). The Morgan fingerprint density at radius 2 is 1.90 bits per heavy atom. The third-order valence-electron chi connectivity index (χ3n) is 4.84. The molecular weight excluding hydrogens is 388 g/mol. The van der Waals surface area contributed by atoms with E-state index >= 15 is 0 Å². The second-order valence-corrected chi connectivity index (χ2v) is 9.32. The SMILES string of the molecule is Cc1cc(NC(=O)C[C@@H]2C=CCC2)ccc1NC(=O)c1cccc(S(C)(=O)=O)c1. The molecule has 2 aromatic rings. The molecule has 6 nitrogen and oxygen atoms in total. The summed E-state index contributed by atoms with van der Waals surface area (Å²) in [5.74, 6) is -0.129. The van der Waals surface area contributed by atoms with Gasteiger partial charge in [-0.3, -0.25) is 9.59 Å². The van der Waals surface area contributed by atoms with Crippen LogP contribution in [0.5, 0.6) is 0 Å². The van der Waals surface area contributed by atoms with Crippen molar-refractivity contribution >= 4 is 33.0 Å². The van der Waals surface area contributed by atoms with Gasteiger partial charge in [-0.2, -0.15) is 0 Å². The predicted molar refractivity (Wildman–Crippen MR) is 114 cm³/mol. The lowest BCUT2D eigenvalue weighted by atomic mass is 10.0. The fourth-order valence-corrected chi connectivity index (χ4v) is 3.93. The molecule has 0 radical (unpaired) electrons. The minimum absolute atomic E-state index is 0.0321. The maximum absolute atomic E-state index is 12.5. The van der Waals surface area contributed by atoms with Gasteiger partial charge in [0.2, 0.25) is 5.91 Å². The quantitative estimate of drug-likeness (QED) is 0.703. The maximum Gasteiger partial charge on any atom is 0.255 e. The van der Waals surface area contributed by atoms with Gasteiger partial charge < -0.3 is 10.6 Å². The van der Waals surface area contributed by atoms with Crippen LogP contribution >= 0.6 is 0 Å². The van der Waals surface area contributed by atoms with Crippen molar-refractivity contribution < 1.29 is 18.0 Å². The zero-order valence-corrected chi connectivity index (χ0v) is 17.3. The molecule has 1 aliphatic rings. The van der Waals surface area contributed by atoms with E-state index in [1.165, 1.54) is 18.2 Å². The lowest BCUT2D eigenvalue weighted by molar-refractivity contribution is -0.116. The molecule has 0 unspecified atom stereocenters. The van der Waals surface area contributed by atoms with Crippen molar-refractivity contribution in [1.29, 1.82) is 0 Å². The Labute approximate surface area is 170 Å². The molecule has 152 valence electrons. The van der Waals surface area contributed by atoms with Crippen LogP contribution in [0.25, 0.3) is 0 Å². The molecule has 0 bridgehead atoms. The normalized spacial score (nSPS) is 15.9. The van der Waals surface area contributed by atoms with Gasteiger partial charge in [-0.15, -0.1) is 0 Å². The van der Waals surface area contributed by atoms with E-state index in [1.54, 1.807) is 24.3 Å². The van der Waals surface area contributed by atoms with Crippen LogP contribution in [-0.4, -0.2) is 26.5 Å². The molecule has 0 saturated carbocycles. The van der Waals surface area contributed by atoms with Crippen molar-refractivity contribution in [2.45, 2.75) is 31.1 Å². The van der Waals surface area contributed by atoms with Gasteiger partial charge in [0.05, 0.1) is 4.90 Å². The summed E-state index contributed by atoms with van der Waals surface area (Å²) >= 11 is 0. The molecule has 1 atom stereocenters. The minimum atomic E-state index is -3.39. The third-order valence-corrected chi connectivity index (χ3v) is 5.95. The Kier molecular flexibility index (Phi) is 6.17. The predicted octanol–water partition coefficient (Wildman–Crippen LogP) is 3.95. The van der Waals surface area contributed by atoms with Crippen LogP contribution in [0.3, 0.4) is 0 Å². The summed E-state index contributed by atoms with van der Waals surface area (Å²) in [7, 11) is -3.39. The molecule has 2 amide bonds. The number of sulfone groups is 1. The Hall–Kier alpha value is -2.93. The molecule has 1 aliphatic carbocycles. The molecule has 0 heterocycles. The largest absolute Gasteiger partial charge is 0.326 e. The average molecular weight is 413 g/mol. The first-order valence-corrected chi connectivity index (χ1v) is 11.3. The van der Waals surface area contributed by atoms with E-state index in [0.29, 0.717) is 23.7 Å². The Morgan fingerprint density at radius 3 is 2.55 bits per heavy atom. The summed E-state index contributed by atoms with van der Waals surface area (Å²) in [4.78, 5) is 24.8. The first-order chi connectivity index (χ1) is 13.7. The highest BCUT2D eigenvalue weighted by atomic mass is 32.2. The standard InChI is InChI=1S/C22H24N2O4S/c1-15-12-18(23-21(25)13-16-6-3-4-7-16)10-11-20(15)24-22(26)17-8-5-9-19(14-17)29(2,27)28/h3,5-6,8-12,14,16H,4,7,13H2,1-2H3,(H,23,25)(H,24,26)/t16-/m1/s1. The van der Waals surface area contributed by atoms with E-state index in [2.05, 4.69) is 22.8 Å². The zero-order chi connectivity index (χ0) is 21.0. The number of carbonyl (C=O) groups excluding carboxylic acids is 2. The van der Waals surface area contributed by atoms with Gasteiger partial charge in [-0.1, -0.05) is 18.2 Å². The summed E-state index contributed by atoms with van der Waals surface area (Å²) in [5, 5.41) is 5.68. The molecule has 7 heteroatoms. The molecule has 0 saturated heterocycles. The van der Waals surface area contributed by atoms with Crippen LogP contribution in [-0.2, 0) is 14.6 Å². The van der Waals surface area contributed by atoms with Gasteiger partial charge in [0, 0.05) is 29.6 Å². The van der Waals surface area contributed by atoms with E-state index in [4.69, 9.17) is 0 Å². The van der Waals surface area contributed by atoms with Gasteiger partial charge in [0.1, 0.15) is 0 Å². The van der Waals surface area contributed by atoms with Gasteiger partial charge >= 0.3 is 0 Å². The monoisotopic (exact) mass is 412 g/mol. The van der Waals surface area contributed by atoms with E-state index in [9.17, 15) is 18.0 Å². The highest BCUT2D eigenvalue weighted by Gasteiger charge is 2.15. The zero-order valence-electron chi connectivity index (χ0n) is 16.4. The number of amides is 2. The lowest BCUT2D eigenvalue weighted by Crippen LogP contribution is -2.16. The molecule has 29 heavy (non-hydrogen) atoms. The molecule has 2 N–H and O–H groups in total. The first-order valence-electron chi connectivity index (χ1n) is 9.41. The summed E-state index contributed by atoms with van der Waals surface area (Å²) in [6.07, 6.45) is 7.79. The van der Waals surface area contributed by atoms with Crippen LogP contribution in [0.2, 0.25) is 0 Å². The van der Waals surface area contributed by atoms with Crippen LogP contribution in [0.4, 0.5) is 11.4 Å². The lowest BCUT2D eigenvalue weighted by Gasteiger charge is -2.13. The van der Waals surface area contributed by atoms with Crippen LogP contribution < -0.4 is 10.6 Å². The molecule has 2 aromatic carbocycles. The highest BCUT2D eigenvalue weighted by molar-refractivity contribution is 7.90. The minimum Gasteiger partial charge on any atom is -0.326 e. The summed E-state index contributed by atoms with van der Waals surface area (Å²) in [6.45, 7) is 1.83. The number of benzene rings is 2. The number of aryl methyl sites for hydroxylation is 1. The second kappa shape index (κ2) is 8.61. The number of rotatable bonds is 6. The number of nitrogens with one attached hydrogen (secondary N) is 2. The van der Waals surface area contributed by atoms with Crippen molar-refractivity contribution in [3.63, 3.8) is 0 Å². The number of carbonyl (C=O) groups is 2. The van der Waals surface area contributed by atoms with Gasteiger partial charge in [0.25, 0.3) is 5.91 Å². The van der Waals surface area contributed by atoms with E-state index in [1.807, 2.05) is 6.92 Å². The molecule has 0 fully saturated rings. The van der Waals surface area contributed by atoms with Crippen LogP contribution in [0.1, 0.15) is 35.2 Å². The van der Waals surface area contributed by atoms with E-state index < -0.39 is 15.7 Å². The van der Waals surface area contributed by atoms with Crippen molar-refractivity contribution in [2.24, 2.45) is 5.92 Å². The van der Waals surface area contributed by atoms with E-state index in [-0.39, 0.29) is 16.4 Å². The first kappa shape index (κ1) is 20.8. The smallest absolute Gasteiger partial charge is 0.255 e. The molecule has 0 aliphatic heterocycles. The van der Waals surface area contributed by atoms with Crippen LogP contribution in [0, 0.1) is 12.8 Å². The fraction of sp³-hybridized carbons (Fsp3) is 0.273. The topological polar surface area (TPSA) is 92.3 Å². The van der Waals surface area contributed by atoms with Crippen LogP contribution in [0.15, 0.2) is 59.5 Å². The van der Waals surface area contributed by atoms with Crippen molar-refractivity contribution in [3.8, 4) is 0 Å². The van der Waals surface area contributed by atoms with Gasteiger partial charge in [-0.05, 0) is 67.6 Å². The Balaban J connectivity index is 1.66. The second-order valence-electron chi connectivity index (χ2n) is 7.30.